The van der Waals surface area contributed by atoms with Crippen LogP contribution in [0.25, 0.3) is 0 Å². The highest BCUT2D eigenvalue weighted by molar-refractivity contribution is 5.85. The minimum Gasteiger partial charge on any atom is -0.464 e. The summed E-state index contributed by atoms with van der Waals surface area (Å²) in [5.41, 5.74) is 2.03. The molecule has 1 saturated heterocycles. The van der Waals surface area contributed by atoms with Crippen LogP contribution in [0.15, 0.2) is 54.6 Å². The minimum atomic E-state index is -0.994. The van der Waals surface area contributed by atoms with Gasteiger partial charge >= 0.3 is 5.97 Å². The van der Waals surface area contributed by atoms with Crippen molar-refractivity contribution in [3.8, 4) is 0 Å². The average Bonchev–Trinajstić information content (AvgIpc) is 3.26. The van der Waals surface area contributed by atoms with Gasteiger partial charge in [-0.3, -0.25) is 0 Å². The zero-order chi connectivity index (χ0) is 14.9. The molecular formula is C18H18O3. The van der Waals surface area contributed by atoms with Crippen molar-refractivity contribution in [3.05, 3.63) is 71.3 Å². The molecule has 0 bridgehead atoms. The predicted octanol–water partition coefficient (Wildman–Crippen LogP) is 3.52. The molecule has 0 aliphatic carbocycles. The number of hydrogen-bond donors (Lipinski definition) is 0. The first kappa shape index (κ1) is 13.8. The van der Waals surface area contributed by atoms with Crippen molar-refractivity contribution in [2.24, 2.45) is 0 Å². The topological polar surface area (TPSA) is 38.8 Å². The molecule has 3 rings (SSSR count). The lowest BCUT2D eigenvalue weighted by atomic mass is 9.91. The smallest absolute Gasteiger partial charge is 0.346 e. The van der Waals surface area contributed by atoms with Crippen molar-refractivity contribution in [1.82, 2.24) is 0 Å². The predicted molar refractivity (Wildman–Crippen MR) is 79.8 cm³/mol. The molecule has 108 valence electrons. The van der Waals surface area contributed by atoms with Crippen LogP contribution in [0.2, 0.25) is 0 Å². The lowest BCUT2D eigenvalue weighted by molar-refractivity contribution is -0.150. The van der Waals surface area contributed by atoms with Crippen LogP contribution in [-0.2, 0) is 19.9 Å². The molecule has 0 saturated carbocycles. The van der Waals surface area contributed by atoms with Gasteiger partial charge in [0, 0.05) is 0 Å². The quantitative estimate of drug-likeness (QED) is 0.636. The standard InChI is InChI=1S/C18H18O3/c1-3-20-17(19)18(15-7-5-4-6-8-15)16(21-18)14-11-9-13(2)10-12-14/h4-12,16H,3H2,1-2H3. The molecule has 0 amide bonds. The number of benzene rings is 2. The second-order valence-corrected chi connectivity index (χ2v) is 5.23. The number of epoxide rings is 1. The van der Waals surface area contributed by atoms with Gasteiger partial charge in [0.15, 0.2) is 0 Å². The lowest BCUT2D eigenvalue weighted by Crippen LogP contribution is -2.25. The SMILES string of the molecule is CCOC(=O)C1(c2ccccc2)OC1c1ccc(C)cc1. The summed E-state index contributed by atoms with van der Waals surface area (Å²) in [4.78, 5) is 12.4. The van der Waals surface area contributed by atoms with E-state index in [1.165, 1.54) is 5.56 Å². The highest BCUT2D eigenvalue weighted by Crippen LogP contribution is 2.57. The van der Waals surface area contributed by atoms with Crippen LogP contribution in [0.3, 0.4) is 0 Å². The maximum absolute atomic E-state index is 12.4. The monoisotopic (exact) mass is 282 g/mol. The van der Waals surface area contributed by atoms with Crippen LogP contribution < -0.4 is 0 Å². The van der Waals surface area contributed by atoms with E-state index in [4.69, 9.17) is 9.47 Å². The normalized spacial score (nSPS) is 23.6. The number of ether oxygens (including phenoxy) is 2. The number of esters is 1. The molecule has 21 heavy (non-hydrogen) atoms. The van der Waals surface area contributed by atoms with Crippen LogP contribution in [0.1, 0.15) is 29.7 Å². The Hall–Kier alpha value is -2.13. The van der Waals surface area contributed by atoms with Gasteiger partial charge in [0.05, 0.1) is 6.61 Å². The fourth-order valence-electron chi connectivity index (χ4n) is 2.61. The van der Waals surface area contributed by atoms with Crippen molar-refractivity contribution < 1.29 is 14.3 Å². The van der Waals surface area contributed by atoms with Gasteiger partial charge in [0.25, 0.3) is 0 Å². The van der Waals surface area contributed by atoms with Crippen molar-refractivity contribution in [3.63, 3.8) is 0 Å². The molecular weight excluding hydrogens is 264 g/mol. The van der Waals surface area contributed by atoms with E-state index in [0.717, 1.165) is 11.1 Å². The summed E-state index contributed by atoms with van der Waals surface area (Å²) >= 11 is 0. The fraction of sp³-hybridized carbons (Fsp3) is 0.278. The summed E-state index contributed by atoms with van der Waals surface area (Å²) in [7, 11) is 0. The van der Waals surface area contributed by atoms with Gasteiger partial charge in [0.2, 0.25) is 5.60 Å². The van der Waals surface area contributed by atoms with E-state index < -0.39 is 5.60 Å². The summed E-state index contributed by atoms with van der Waals surface area (Å²) in [6.45, 7) is 4.19. The number of aryl methyl sites for hydroxylation is 1. The Kier molecular flexibility index (Phi) is 3.52. The summed E-state index contributed by atoms with van der Waals surface area (Å²) in [6.07, 6.45) is -0.278. The Morgan fingerprint density at radius 3 is 2.43 bits per heavy atom. The molecule has 3 heteroatoms. The molecule has 0 N–H and O–H groups in total. The summed E-state index contributed by atoms with van der Waals surface area (Å²) in [5.74, 6) is -0.318. The summed E-state index contributed by atoms with van der Waals surface area (Å²) in [5, 5.41) is 0. The molecule has 2 atom stereocenters. The van der Waals surface area contributed by atoms with Gasteiger partial charge in [-0.25, -0.2) is 4.79 Å². The Bertz CT molecular complexity index is 633. The van der Waals surface area contributed by atoms with Crippen molar-refractivity contribution in [2.75, 3.05) is 6.61 Å². The Labute approximate surface area is 124 Å². The second kappa shape index (κ2) is 5.34. The van der Waals surface area contributed by atoms with Crippen LogP contribution >= 0.6 is 0 Å². The lowest BCUT2D eigenvalue weighted by Gasteiger charge is -2.12. The molecule has 1 heterocycles. The molecule has 1 aliphatic rings. The van der Waals surface area contributed by atoms with E-state index in [9.17, 15) is 4.79 Å². The molecule has 0 spiro atoms. The number of carbonyl (C=O) groups is 1. The highest BCUT2D eigenvalue weighted by atomic mass is 16.7. The molecule has 3 nitrogen and oxygen atoms in total. The van der Waals surface area contributed by atoms with Crippen LogP contribution in [-0.4, -0.2) is 12.6 Å². The van der Waals surface area contributed by atoms with Gasteiger partial charge in [-0.2, -0.15) is 0 Å². The Balaban J connectivity index is 1.97. The van der Waals surface area contributed by atoms with Crippen LogP contribution in [0.5, 0.6) is 0 Å². The van der Waals surface area contributed by atoms with Gasteiger partial charge < -0.3 is 9.47 Å². The van der Waals surface area contributed by atoms with E-state index in [-0.39, 0.29) is 12.1 Å². The third-order valence-corrected chi connectivity index (χ3v) is 3.78. The first-order chi connectivity index (χ1) is 10.2. The molecule has 1 aliphatic heterocycles. The number of rotatable bonds is 4. The summed E-state index contributed by atoms with van der Waals surface area (Å²) < 4.78 is 11.1. The Morgan fingerprint density at radius 1 is 1.14 bits per heavy atom. The van der Waals surface area contributed by atoms with E-state index in [2.05, 4.69) is 0 Å². The maximum atomic E-state index is 12.4. The summed E-state index contributed by atoms with van der Waals surface area (Å²) in [6, 6.07) is 17.6. The number of hydrogen-bond acceptors (Lipinski definition) is 3. The molecule has 1 fully saturated rings. The average molecular weight is 282 g/mol. The third-order valence-electron chi connectivity index (χ3n) is 3.78. The van der Waals surface area contributed by atoms with Crippen molar-refractivity contribution in [2.45, 2.75) is 25.6 Å². The van der Waals surface area contributed by atoms with E-state index >= 15 is 0 Å². The largest absolute Gasteiger partial charge is 0.464 e. The van der Waals surface area contributed by atoms with Crippen molar-refractivity contribution in [1.29, 1.82) is 0 Å². The molecule has 0 aromatic heterocycles. The fourth-order valence-corrected chi connectivity index (χ4v) is 2.61. The molecule has 2 aromatic carbocycles. The zero-order valence-electron chi connectivity index (χ0n) is 12.2. The third kappa shape index (κ3) is 2.34. The van der Waals surface area contributed by atoms with Crippen molar-refractivity contribution >= 4 is 5.97 Å². The Morgan fingerprint density at radius 2 is 1.81 bits per heavy atom. The first-order valence-electron chi connectivity index (χ1n) is 7.15. The van der Waals surface area contributed by atoms with Gasteiger partial charge in [-0.1, -0.05) is 60.2 Å². The highest BCUT2D eigenvalue weighted by Gasteiger charge is 2.65. The first-order valence-corrected chi connectivity index (χ1v) is 7.15. The van der Waals surface area contributed by atoms with E-state index in [1.807, 2.05) is 61.5 Å². The molecule has 2 aromatic rings. The van der Waals surface area contributed by atoms with E-state index in [0.29, 0.717) is 6.61 Å². The van der Waals surface area contributed by atoms with Crippen LogP contribution in [0, 0.1) is 6.92 Å². The second-order valence-electron chi connectivity index (χ2n) is 5.23. The molecule has 0 radical (unpaired) electrons. The van der Waals surface area contributed by atoms with Crippen LogP contribution in [0.4, 0.5) is 0 Å². The van der Waals surface area contributed by atoms with Gasteiger partial charge in [-0.05, 0) is 25.0 Å². The maximum Gasteiger partial charge on any atom is 0.346 e. The van der Waals surface area contributed by atoms with Gasteiger partial charge in [-0.15, -0.1) is 0 Å². The minimum absolute atomic E-state index is 0.278. The molecule has 2 unspecified atom stereocenters. The van der Waals surface area contributed by atoms with Gasteiger partial charge in [0.1, 0.15) is 6.10 Å². The van der Waals surface area contributed by atoms with E-state index in [1.54, 1.807) is 6.92 Å². The number of carbonyl (C=O) groups excluding carboxylic acids is 1. The zero-order valence-corrected chi connectivity index (χ0v) is 12.2.